The Hall–Kier alpha value is -1.07. The van der Waals surface area contributed by atoms with E-state index in [0.717, 1.165) is 0 Å². The van der Waals surface area contributed by atoms with Crippen molar-refractivity contribution in [3.63, 3.8) is 0 Å². The van der Waals surface area contributed by atoms with Crippen molar-refractivity contribution in [2.24, 2.45) is 0 Å². The molecule has 0 radical (unpaired) electrons. The van der Waals surface area contributed by atoms with Gasteiger partial charge in [0.05, 0.1) is 0 Å². The van der Waals surface area contributed by atoms with Crippen LogP contribution in [0.3, 0.4) is 0 Å². The lowest BCUT2D eigenvalue weighted by molar-refractivity contribution is 0.0695. The summed E-state index contributed by atoms with van der Waals surface area (Å²) >= 11 is 10.6. The van der Waals surface area contributed by atoms with Gasteiger partial charge in [0.15, 0.2) is 5.15 Å². The second-order valence-electron chi connectivity index (χ2n) is 1.84. The summed E-state index contributed by atoms with van der Waals surface area (Å²) in [6, 6.07) is 0. The molecule has 0 saturated carbocycles. The number of hydrogen-bond donors (Lipinski definition) is 2. The highest BCUT2D eigenvalue weighted by molar-refractivity contribution is 6.33. The van der Waals surface area contributed by atoms with Crippen LogP contribution in [0.1, 0.15) is 10.4 Å². The van der Waals surface area contributed by atoms with Crippen LogP contribution in [0.4, 0.5) is 0 Å². The van der Waals surface area contributed by atoms with Gasteiger partial charge in [0.1, 0.15) is 10.7 Å². The molecule has 0 atom stereocenters. The monoisotopic (exact) mass is 208 g/mol. The van der Waals surface area contributed by atoms with Gasteiger partial charge in [-0.3, -0.25) is 9.89 Å². The zero-order chi connectivity index (χ0) is 9.30. The molecule has 0 aliphatic carbocycles. The maximum absolute atomic E-state index is 11.0. The highest BCUT2D eigenvalue weighted by Crippen LogP contribution is 2.08. The van der Waals surface area contributed by atoms with Crippen molar-refractivity contribution >= 4 is 29.2 Å². The van der Waals surface area contributed by atoms with E-state index in [0.29, 0.717) is 0 Å². The Morgan fingerprint density at radius 3 is 2.50 bits per heavy atom. The third-order valence-electron chi connectivity index (χ3n) is 1.10. The minimum absolute atomic E-state index is 0.336. The molecule has 1 rings (SSSR count). The average Bonchev–Trinajstić information content (AvgIpc) is 1.97. The number of nitrogens with zero attached hydrogens (tertiary/aromatic N) is 1. The van der Waals surface area contributed by atoms with Gasteiger partial charge in [0.2, 0.25) is 5.43 Å². The van der Waals surface area contributed by atoms with Crippen LogP contribution < -0.4 is 5.43 Å². The number of aromatic amines is 1. The molecule has 1 aromatic heterocycles. The predicted octanol–water partition coefficient (Wildman–Crippen LogP) is 0.775. The van der Waals surface area contributed by atoms with Gasteiger partial charge in [-0.2, -0.15) is 5.10 Å². The first-order chi connectivity index (χ1) is 5.54. The van der Waals surface area contributed by atoms with Crippen molar-refractivity contribution in [2.45, 2.75) is 0 Å². The lowest BCUT2D eigenvalue weighted by atomic mass is 10.3. The molecule has 5 nitrogen and oxygen atoms in total. The molecular weight excluding hydrogens is 207 g/mol. The number of H-pyrrole nitrogens is 1. The van der Waals surface area contributed by atoms with Gasteiger partial charge in [0, 0.05) is 0 Å². The number of rotatable bonds is 1. The Morgan fingerprint density at radius 1 is 1.50 bits per heavy atom. The number of aromatic nitrogens is 2. The van der Waals surface area contributed by atoms with Gasteiger partial charge >= 0.3 is 5.97 Å². The van der Waals surface area contributed by atoms with E-state index in [1.54, 1.807) is 0 Å². The fourth-order valence-corrected chi connectivity index (χ4v) is 0.944. The SMILES string of the molecule is O=C(O)c1c(Cl)[nH]nc(Cl)c1=O. The van der Waals surface area contributed by atoms with Crippen molar-refractivity contribution in [1.82, 2.24) is 10.2 Å². The largest absolute Gasteiger partial charge is 0.477 e. The average molecular weight is 209 g/mol. The van der Waals surface area contributed by atoms with Crippen LogP contribution in [0.15, 0.2) is 4.79 Å². The summed E-state index contributed by atoms with van der Waals surface area (Å²) in [5.74, 6) is -1.44. The van der Waals surface area contributed by atoms with Crippen LogP contribution in [0.2, 0.25) is 10.3 Å². The zero-order valence-corrected chi connectivity index (χ0v) is 6.98. The van der Waals surface area contributed by atoms with Gasteiger partial charge in [-0.25, -0.2) is 4.79 Å². The van der Waals surface area contributed by atoms with Crippen LogP contribution in [0, 0.1) is 0 Å². The molecule has 0 aromatic carbocycles. The molecule has 12 heavy (non-hydrogen) atoms. The van der Waals surface area contributed by atoms with Crippen LogP contribution in [-0.2, 0) is 0 Å². The molecule has 0 aliphatic heterocycles. The van der Waals surface area contributed by atoms with E-state index < -0.39 is 22.1 Å². The number of carbonyl (C=O) groups is 1. The molecule has 1 heterocycles. The standard InChI is InChI=1S/C5H2Cl2N2O3/c6-3-1(5(11)12)2(10)4(7)9-8-3/h(H,8,10)(H,11,12). The second-order valence-corrected chi connectivity index (χ2v) is 2.57. The lowest BCUT2D eigenvalue weighted by Gasteiger charge is -1.95. The number of nitrogens with one attached hydrogen (secondary N) is 1. The Balaban J connectivity index is 3.55. The van der Waals surface area contributed by atoms with E-state index in [9.17, 15) is 9.59 Å². The normalized spacial score (nSPS) is 9.83. The van der Waals surface area contributed by atoms with E-state index in [1.165, 1.54) is 0 Å². The first kappa shape index (κ1) is 9.02. The van der Waals surface area contributed by atoms with Crippen LogP contribution in [-0.4, -0.2) is 21.3 Å². The molecular formula is C5H2Cl2N2O3. The van der Waals surface area contributed by atoms with Gasteiger partial charge in [-0.1, -0.05) is 23.2 Å². The van der Waals surface area contributed by atoms with E-state index in [2.05, 4.69) is 10.2 Å². The third kappa shape index (κ3) is 1.41. The summed E-state index contributed by atoms with van der Waals surface area (Å²) in [7, 11) is 0. The fraction of sp³-hybridized carbons (Fsp3) is 0. The zero-order valence-electron chi connectivity index (χ0n) is 5.47. The Bertz CT molecular complexity index is 387. The molecule has 1 aromatic rings. The van der Waals surface area contributed by atoms with Crippen LogP contribution in [0.25, 0.3) is 0 Å². The highest BCUT2D eigenvalue weighted by Gasteiger charge is 2.16. The summed E-state index contributed by atoms with van der Waals surface area (Å²) in [6.45, 7) is 0. The summed E-state index contributed by atoms with van der Waals surface area (Å²) < 4.78 is 0. The van der Waals surface area contributed by atoms with Gasteiger partial charge in [0.25, 0.3) is 0 Å². The fourth-order valence-electron chi connectivity index (χ4n) is 0.599. The lowest BCUT2D eigenvalue weighted by Crippen LogP contribution is -2.18. The first-order valence-corrected chi connectivity index (χ1v) is 3.46. The van der Waals surface area contributed by atoms with E-state index >= 15 is 0 Å². The van der Waals surface area contributed by atoms with Crippen molar-refractivity contribution in [3.8, 4) is 0 Å². The molecule has 0 aliphatic rings. The first-order valence-electron chi connectivity index (χ1n) is 2.71. The summed E-state index contributed by atoms with van der Waals surface area (Å²) in [4.78, 5) is 21.4. The minimum Gasteiger partial charge on any atom is -0.477 e. The van der Waals surface area contributed by atoms with Crippen molar-refractivity contribution in [1.29, 1.82) is 0 Å². The third-order valence-corrected chi connectivity index (χ3v) is 1.63. The van der Waals surface area contributed by atoms with Gasteiger partial charge in [-0.15, -0.1) is 0 Å². The van der Waals surface area contributed by atoms with E-state index in [1.807, 2.05) is 0 Å². The van der Waals surface area contributed by atoms with Crippen molar-refractivity contribution in [3.05, 3.63) is 26.1 Å². The maximum atomic E-state index is 11.0. The van der Waals surface area contributed by atoms with E-state index in [-0.39, 0.29) is 5.15 Å². The molecule has 0 fully saturated rings. The summed E-state index contributed by atoms with van der Waals surface area (Å²) in [5.41, 5.74) is -1.50. The molecule has 0 spiro atoms. The molecule has 64 valence electrons. The summed E-state index contributed by atoms with van der Waals surface area (Å²) in [5, 5.41) is 13.0. The molecule has 0 saturated heterocycles. The van der Waals surface area contributed by atoms with Crippen molar-refractivity contribution < 1.29 is 9.90 Å². The van der Waals surface area contributed by atoms with Crippen LogP contribution >= 0.6 is 23.2 Å². The van der Waals surface area contributed by atoms with Gasteiger partial charge in [-0.05, 0) is 0 Å². The Morgan fingerprint density at radius 2 is 2.08 bits per heavy atom. The smallest absolute Gasteiger partial charge is 0.342 e. The molecule has 0 bridgehead atoms. The van der Waals surface area contributed by atoms with E-state index in [4.69, 9.17) is 28.3 Å². The summed E-state index contributed by atoms with van der Waals surface area (Å²) in [6.07, 6.45) is 0. The Kier molecular flexibility index (Phi) is 2.35. The number of halogens is 2. The predicted molar refractivity (Wildman–Crippen MR) is 41.8 cm³/mol. The molecule has 0 amide bonds. The number of hydrogen-bond acceptors (Lipinski definition) is 3. The quantitative estimate of drug-likeness (QED) is 0.715. The topological polar surface area (TPSA) is 83.0 Å². The number of aromatic carboxylic acids is 1. The Labute approximate surface area is 75.9 Å². The molecule has 7 heteroatoms. The maximum Gasteiger partial charge on any atom is 0.342 e. The molecule has 2 N–H and O–H groups in total. The highest BCUT2D eigenvalue weighted by atomic mass is 35.5. The second kappa shape index (κ2) is 3.12. The van der Waals surface area contributed by atoms with Gasteiger partial charge < -0.3 is 5.11 Å². The number of carboxylic acid groups (broad SMARTS) is 1. The number of carboxylic acids is 1. The van der Waals surface area contributed by atoms with Crippen molar-refractivity contribution in [2.75, 3.05) is 0 Å². The van der Waals surface area contributed by atoms with Crippen LogP contribution in [0.5, 0.6) is 0 Å². The minimum atomic E-state index is -1.44. The molecule has 0 unspecified atom stereocenters.